The van der Waals surface area contributed by atoms with Crippen molar-refractivity contribution in [3.05, 3.63) is 187 Å². The minimum atomic E-state index is -0.0253. The number of pyridine rings is 1. The van der Waals surface area contributed by atoms with Gasteiger partial charge >= 0.3 is 0 Å². The molecular formula is C59H48N4OPt-2. The molecule has 7 aromatic carbocycles. The summed E-state index contributed by atoms with van der Waals surface area (Å²) in [6.45, 7) is 16.4. The molecule has 1 aliphatic carbocycles. The van der Waals surface area contributed by atoms with E-state index in [0.29, 0.717) is 11.5 Å². The van der Waals surface area contributed by atoms with Crippen LogP contribution in [0.1, 0.15) is 71.6 Å². The van der Waals surface area contributed by atoms with Crippen molar-refractivity contribution < 1.29 is 30.4 Å². The van der Waals surface area contributed by atoms with Gasteiger partial charge < -0.3 is 13.9 Å². The van der Waals surface area contributed by atoms with E-state index in [1.807, 2.05) is 24.4 Å². The Morgan fingerprint density at radius 2 is 1.34 bits per heavy atom. The first-order valence-electron chi connectivity index (χ1n) is 22.4. The average molecular weight is 1020 g/mol. The number of rotatable bonds is 4. The number of hydrogen-bond acceptors (Lipinski definition) is 2. The van der Waals surface area contributed by atoms with Crippen LogP contribution in [0.2, 0.25) is 0 Å². The first kappa shape index (κ1) is 41.2. The van der Waals surface area contributed by atoms with E-state index in [2.05, 4.69) is 208 Å². The van der Waals surface area contributed by atoms with Gasteiger partial charge in [-0.15, -0.1) is 29.7 Å². The van der Waals surface area contributed by atoms with Gasteiger partial charge in [0.2, 0.25) is 0 Å². The molecule has 0 bridgehead atoms. The van der Waals surface area contributed by atoms with Crippen molar-refractivity contribution in [2.24, 2.45) is 0 Å². The molecule has 3 aromatic heterocycles. The Bertz CT molecular complexity index is 3560. The predicted octanol–water partition coefficient (Wildman–Crippen LogP) is 14.2. The quantitative estimate of drug-likeness (QED) is 0.130. The second kappa shape index (κ2) is 14.7. The molecule has 5 nitrogen and oxygen atoms in total. The molecule has 10 aromatic rings. The van der Waals surface area contributed by atoms with Gasteiger partial charge in [0.15, 0.2) is 0 Å². The molecule has 2 aliphatic rings. The average Bonchev–Trinajstić information content (AvgIpc) is 3.91. The van der Waals surface area contributed by atoms with Crippen molar-refractivity contribution in [1.82, 2.24) is 14.1 Å². The number of para-hydroxylation sites is 3. The Morgan fingerprint density at radius 1 is 0.631 bits per heavy atom. The van der Waals surface area contributed by atoms with E-state index in [1.54, 1.807) is 0 Å². The van der Waals surface area contributed by atoms with Gasteiger partial charge in [0.1, 0.15) is 5.82 Å². The molecule has 1 aliphatic heterocycles. The molecule has 65 heavy (non-hydrogen) atoms. The molecule has 322 valence electrons. The van der Waals surface area contributed by atoms with E-state index >= 15 is 0 Å². The van der Waals surface area contributed by atoms with E-state index in [-0.39, 0.29) is 37.3 Å². The Balaban J connectivity index is 0.00000469. The topological polar surface area (TPSA) is 35.9 Å². The predicted molar refractivity (Wildman–Crippen MR) is 259 cm³/mol. The SMILES string of the molecule is CC(C)(C)c1ccnc(-n2c3[c-]c(Oc4[c-]c(-n5[c-][n+]6c7c(cccc75)-c5ccccc5-c5c(ccc7c5C(C)(C)CC7(C)C)-c5ccccc5-6)ccc4)ccc3c3ccccc32)c1.[Pt]. The molecule has 0 unspecified atom stereocenters. The fraction of sp³-hybridized carbons (Fsp3) is 0.186. The van der Waals surface area contributed by atoms with Gasteiger partial charge in [-0.25, -0.2) is 4.98 Å². The summed E-state index contributed by atoms with van der Waals surface area (Å²) < 4.78 is 13.3. The zero-order valence-electron chi connectivity index (χ0n) is 37.7. The van der Waals surface area contributed by atoms with Gasteiger partial charge in [-0.1, -0.05) is 145 Å². The number of fused-ring (bicyclic) bond motifs is 12. The molecule has 12 rings (SSSR count). The van der Waals surface area contributed by atoms with Gasteiger partial charge in [0.25, 0.3) is 6.33 Å². The van der Waals surface area contributed by atoms with Crippen LogP contribution in [0, 0.1) is 18.5 Å². The molecule has 0 fully saturated rings. The maximum Gasteiger partial charge on any atom is 0.268 e. The zero-order chi connectivity index (χ0) is 43.7. The molecule has 0 amide bonds. The molecule has 4 heterocycles. The number of imidazole rings is 1. The fourth-order valence-electron chi connectivity index (χ4n) is 11.1. The molecule has 0 saturated carbocycles. The van der Waals surface area contributed by atoms with Gasteiger partial charge in [-0.2, -0.15) is 18.2 Å². The Labute approximate surface area is 395 Å². The summed E-state index contributed by atoms with van der Waals surface area (Å²) in [7, 11) is 0. The number of hydrogen-bond donors (Lipinski definition) is 0. The molecule has 0 atom stereocenters. The Kier molecular flexibility index (Phi) is 9.34. The van der Waals surface area contributed by atoms with Crippen molar-refractivity contribution in [3.63, 3.8) is 0 Å². The zero-order valence-corrected chi connectivity index (χ0v) is 39.9. The maximum atomic E-state index is 6.68. The standard InChI is InChI=1S/C59H48N4O.Pt/c1-57(2,3)37-30-31-60-53(32-37)63-50-24-13-11-19-42(50)44-27-26-40(34-52(44)63)64-39-17-14-16-38(33-39)61-36-62-49-23-12-10-20-43(49)46-28-29-48-55(59(6,7)35-58(48,4)5)54(46)45-21-9-8-18-41(45)47-22-15-25-51(61)56(47)62;/h8-32H,35H2,1-7H3;/q-2;. The third-order valence-electron chi connectivity index (χ3n) is 13.7. The fourth-order valence-corrected chi connectivity index (χ4v) is 11.1. The maximum absolute atomic E-state index is 6.68. The first-order chi connectivity index (χ1) is 30.9. The van der Waals surface area contributed by atoms with Crippen molar-refractivity contribution >= 4 is 32.8 Å². The molecule has 0 spiro atoms. The third kappa shape index (κ3) is 6.38. The van der Waals surface area contributed by atoms with Gasteiger partial charge in [0.05, 0.1) is 16.7 Å². The van der Waals surface area contributed by atoms with Crippen LogP contribution in [-0.2, 0) is 37.3 Å². The van der Waals surface area contributed by atoms with Gasteiger partial charge in [-0.3, -0.25) is 4.57 Å². The second-order valence-corrected chi connectivity index (χ2v) is 20.0. The van der Waals surface area contributed by atoms with Gasteiger partial charge in [0, 0.05) is 44.3 Å². The first-order valence-corrected chi connectivity index (χ1v) is 22.4. The summed E-state index contributed by atoms with van der Waals surface area (Å²) in [4.78, 5) is 4.87. The largest absolute Gasteiger partial charge is 0.510 e. The van der Waals surface area contributed by atoms with E-state index in [0.717, 1.165) is 62.0 Å². The van der Waals surface area contributed by atoms with E-state index in [1.165, 1.54) is 44.5 Å². The summed E-state index contributed by atoms with van der Waals surface area (Å²) in [6.07, 6.45) is 6.84. The van der Waals surface area contributed by atoms with E-state index in [9.17, 15) is 0 Å². The minimum Gasteiger partial charge on any atom is -0.510 e. The number of benzene rings is 7. The van der Waals surface area contributed by atoms with Crippen LogP contribution in [0.25, 0.3) is 83.4 Å². The third-order valence-corrected chi connectivity index (χ3v) is 13.7. The smallest absolute Gasteiger partial charge is 0.268 e. The normalized spacial score (nSPS) is 14.4. The molecule has 6 heteroatoms. The molecule has 0 N–H and O–H groups in total. The van der Waals surface area contributed by atoms with Crippen LogP contribution in [0.5, 0.6) is 11.5 Å². The number of nitrogens with zero attached hydrogens (tertiary/aromatic N) is 4. The molecule has 0 saturated heterocycles. The van der Waals surface area contributed by atoms with Crippen LogP contribution in [0.3, 0.4) is 0 Å². The number of aromatic nitrogens is 4. The molecule has 0 radical (unpaired) electrons. The van der Waals surface area contributed by atoms with E-state index < -0.39 is 0 Å². The summed E-state index contributed by atoms with van der Waals surface area (Å²) in [5.74, 6) is 2.04. The van der Waals surface area contributed by atoms with Crippen LogP contribution >= 0.6 is 0 Å². The number of ether oxygens (including phenoxy) is 1. The molecular weight excluding hydrogens is 976 g/mol. The van der Waals surface area contributed by atoms with Crippen molar-refractivity contribution in [2.75, 3.05) is 0 Å². The monoisotopic (exact) mass is 1020 g/mol. The summed E-state index contributed by atoms with van der Waals surface area (Å²) in [5.41, 5.74) is 17.6. The minimum absolute atomic E-state index is 0. The van der Waals surface area contributed by atoms with Crippen molar-refractivity contribution in [2.45, 2.75) is 71.1 Å². The summed E-state index contributed by atoms with van der Waals surface area (Å²) in [5, 5.41) is 2.23. The van der Waals surface area contributed by atoms with Crippen LogP contribution in [0.15, 0.2) is 152 Å². The van der Waals surface area contributed by atoms with Gasteiger partial charge in [-0.05, 0) is 108 Å². The Hall–Kier alpha value is -6.55. The summed E-state index contributed by atoms with van der Waals surface area (Å²) >= 11 is 0. The Morgan fingerprint density at radius 3 is 2.17 bits per heavy atom. The van der Waals surface area contributed by atoms with Crippen LogP contribution in [0.4, 0.5) is 0 Å². The summed E-state index contributed by atoms with van der Waals surface area (Å²) in [6, 6.07) is 59.4. The van der Waals surface area contributed by atoms with Crippen LogP contribution < -0.4 is 9.30 Å². The van der Waals surface area contributed by atoms with E-state index in [4.69, 9.17) is 9.72 Å². The van der Waals surface area contributed by atoms with Crippen molar-refractivity contribution in [3.8, 4) is 62.1 Å². The van der Waals surface area contributed by atoms with Crippen LogP contribution in [-0.4, -0.2) is 14.1 Å². The van der Waals surface area contributed by atoms with Crippen molar-refractivity contribution in [1.29, 1.82) is 0 Å². The second-order valence-electron chi connectivity index (χ2n) is 20.0.